The smallest absolute Gasteiger partial charge is 0.391 e. The first-order chi connectivity index (χ1) is 19.0. The molecule has 0 radical (unpaired) electrons. The highest BCUT2D eigenvalue weighted by molar-refractivity contribution is 7.91. The maximum absolute atomic E-state index is 13.1. The fraction of sp³-hybridized carbons (Fsp3) is 0.571. The molecule has 1 aromatic heterocycles. The van der Waals surface area contributed by atoms with Crippen molar-refractivity contribution in [3.8, 4) is 0 Å². The number of sulfone groups is 1. The average molecular weight is 584 g/mol. The zero-order chi connectivity index (χ0) is 29.1. The Labute approximate surface area is 232 Å². The average Bonchev–Trinajstić information content (AvgIpc) is 3.27. The van der Waals surface area contributed by atoms with Crippen LogP contribution < -0.4 is 5.32 Å². The molecular weight excluding hydrogens is 547 g/mol. The molecule has 220 valence electrons. The van der Waals surface area contributed by atoms with Gasteiger partial charge in [0.25, 0.3) is 5.91 Å². The number of fused-ring (bicyclic) bond motifs is 1. The van der Waals surface area contributed by atoms with Crippen molar-refractivity contribution in [3.05, 3.63) is 58.9 Å². The molecule has 1 aliphatic heterocycles. The molecule has 4 rings (SSSR count). The first-order valence-corrected chi connectivity index (χ1v) is 15.1. The SMILES string of the molecule is CCS(=O)(=O)c1ccc([C@H](CO)NC(=O)c2cnc3c(c2)CN(CC2CCC(C(F)(F)F)CC2)[C@@H]3COC)cc1. The van der Waals surface area contributed by atoms with Crippen LogP contribution in [0, 0.1) is 11.8 Å². The summed E-state index contributed by atoms with van der Waals surface area (Å²) in [6, 6.07) is 6.91. The van der Waals surface area contributed by atoms with E-state index in [9.17, 15) is 31.5 Å². The Morgan fingerprint density at radius 3 is 2.45 bits per heavy atom. The van der Waals surface area contributed by atoms with Gasteiger partial charge in [-0.2, -0.15) is 13.2 Å². The topological polar surface area (TPSA) is 109 Å². The van der Waals surface area contributed by atoms with Gasteiger partial charge in [-0.05, 0) is 60.9 Å². The number of halogens is 3. The molecule has 2 atom stereocenters. The Hall–Kier alpha value is -2.54. The van der Waals surface area contributed by atoms with E-state index in [1.54, 1.807) is 32.2 Å². The predicted octanol–water partition coefficient (Wildman–Crippen LogP) is 4.21. The van der Waals surface area contributed by atoms with Gasteiger partial charge in [0.1, 0.15) is 0 Å². The number of aliphatic hydroxyl groups is 1. The van der Waals surface area contributed by atoms with Gasteiger partial charge in [0.15, 0.2) is 9.84 Å². The van der Waals surface area contributed by atoms with Gasteiger partial charge in [-0.25, -0.2) is 8.42 Å². The second-order valence-electron chi connectivity index (χ2n) is 10.6. The minimum Gasteiger partial charge on any atom is -0.394 e. The van der Waals surface area contributed by atoms with Crippen LogP contribution in [0.1, 0.15) is 71.9 Å². The summed E-state index contributed by atoms with van der Waals surface area (Å²) in [5.41, 5.74) is 2.51. The fourth-order valence-corrected chi connectivity index (χ4v) is 6.55. The van der Waals surface area contributed by atoms with E-state index in [1.165, 1.54) is 18.3 Å². The van der Waals surface area contributed by atoms with Gasteiger partial charge in [0, 0.05) is 26.4 Å². The second kappa shape index (κ2) is 12.5. The van der Waals surface area contributed by atoms with Gasteiger partial charge in [-0.1, -0.05) is 19.1 Å². The molecule has 2 heterocycles. The number of carbonyl (C=O) groups excluding carboxylic acids is 1. The Morgan fingerprint density at radius 2 is 1.88 bits per heavy atom. The Kier molecular flexibility index (Phi) is 9.54. The highest BCUT2D eigenvalue weighted by Crippen LogP contribution is 2.41. The van der Waals surface area contributed by atoms with E-state index >= 15 is 0 Å². The van der Waals surface area contributed by atoms with Crippen molar-refractivity contribution in [2.45, 2.75) is 62.3 Å². The lowest BCUT2D eigenvalue weighted by Crippen LogP contribution is -2.34. The normalized spacial score (nSPS) is 22.6. The standard InChI is InChI=1S/C28H36F3N3O5S/c1-3-40(37,38)23-10-6-19(7-11-23)24(16-35)33-27(36)20-12-21-15-34(25(17-39-2)26(21)32-13-20)14-18-4-8-22(9-5-18)28(29,30)31/h6-7,10-13,18,22,24-25,35H,3-5,8-9,14-17H2,1-2H3,(H,33,36)/t18?,22?,24-,25+/m0/s1. The summed E-state index contributed by atoms with van der Waals surface area (Å²) in [6.07, 6.45) is -1.33. The zero-order valence-corrected chi connectivity index (χ0v) is 23.5. The monoisotopic (exact) mass is 583 g/mol. The maximum Gasteiger partial charge on any atom is 0.391 e. The van der Waals surface area contributed by atoms with Gasteiger partial charge in [-0.15, -0.1) is 0 Å². The predicted molar refractivity (Wildman–Crippen MR) is 142 cm³/mol. The number of aliphatic hydroxyl groups excluding tert-OH is 1. The number of alkyl halides is 3. The van der Waals surface area contributed by atoms with Crippen LogP contribution in [-0.4, -0.2) is 68.1 Å². The molecule has 40 heavy (non-hydrogen) atoms. The van der Waals surface area contributed by atoms with Crippen molar-refractivity contribution >= 4 is 15.7 Å². The molecule has 0 spiro atoms. The number of hydrogen-bond donors (Lipinski definition) is 2. The quantitative estimate of drug-likeness (QED) is 0.431. The molecular formula is C28H36F3N3O5S. The minimum absolute atomic E-state index is 0.0281. The number of methoxy groups -OCH3 is 1. The van der Waals surface area contributed by atoms with Gasteiger partial charge in [0.05, 0.1) is 53.1 Å². The number of rotatable bonds is 10. The number of carbonyl (C=O) groups is 1. The van der Waals surface area contributed by atoms with E-state index in [1.807, 2.05) is 0 Å². The summed E-state index contributed by atoms with van der Waals surface area (Å²) in [5, 5.41) is 12.7. The summed E-state index contributed by atoms with van der Waals surface area (Å²) >= 11 is 0. The molecule has 8 nitrogen and oxygen atoms in total. The molecule has 1 aliphatic carbocycles. The van der Waals surface area contributed by atoms with E-state index in [-0.39, 0.29) is 42.1 Å². The van der Waals surface area contributed by atoms with Crippen LogP contribution in [0.25, 0.3) is 0 Å². The Balaban J connectivity index is 1.43. The molecule has 1 amide bonds. The van der Waals surface area contributed by atoms with Gasteiger partial charge < -0.3 is 15.2 Å². The summed E-state index contributed by atoms with van der Waals surface area (Å²) in [7, 11) is -1.78. The van der Waals surface area contributed by atoms with Crippen LogP contribution in [0.3, 0.4) is 0 Å². The number of aromatic nitrogens is 1. The second-order valence-corrected chi connectivity index (χ2v) is 12.9. The summed E-state index contributed by atoms with van der Waals surface area (Å²) in [6.45, 7) is 2.69. The van der Waals surface area contributed by atoms with Crippen molar-refractivity contribution in [1.29, 1.82) is 0 Å². The van der Waals surface area contributed by atoms with Crippen molar-refractivity contribution in [1.82, 2.24) is 15.2 Å². The zero-order valence-electron chi connectivity index (χ0n) is 22.7. The molecule has 12 heteroatoms. The number of hydrogen-bond acceptors (Lipinski definition) is 7. The van der Waals surface area contributed by atoms with E-state index in [2.05, 4.69) is 15.2 Å². The fourth-order valence-electron chi connectivity index (χ4n) is 5.66. The summed E-state index contributed by atoms with van der Waals surface area (Å²) in [5.74, 6) is -1.53. The van der Waals surface area contributed by atoms with Crippen LogP contribution in [0.2, 0.25) is 0 Å². The lowest BCUT2D eigenvalue weighted by atomic mass is 9.81. The molecule has 1 aromatic carbocycles. The Morgan fingerprint density at radius 1 is 1.20 bits per heavy atom. The summed E-state index contributed by atoms with van der Waals surface area (Å²) in [4.78, 5) is 20.0. The van der Waals surface area contributed by atoms with Crippen LogP contribution in [0.15, 0.2) is 41.4 Å². The molecule has 1 fully saturated rings. The lowest BCUT2D eigenvalue weighted by Gasteiger charge is -2.34. The number of benzene rings is 1. The third-order valence-electron chi connectivity index (χ3n) is 8.03. The van der Waals surface area contributed by atoms with Gasteiger partial charge in [0.2, 0.25) is 0 Å². The first-order valence-electron chi connectivity index (χ1n) is 13.5. The maximum atomic E-state index is 13.1. The molecule has 2 aliphatic rings. The van der Waals surface area contributed by atoms with Crippen molar-refractivity contribution in [3.63, 3.8) is 0 Å². The van der Waals surface area contributed by atoms with Gasteiger partial charge >= 0.3 is 6.18 Å². The van der Waals surface area contributed by atoms with Crippen molar-refractivity contribution < 1.29 is 36.2 Å². The molecule has 2 N–H and O–H groups in total. The van der Waals surface area contributed by atoms with Crippen molar-refractivity contribution in [2.24, 2.45) is 11.8 Å². The highest BCUT2D eigenvalue weighted by Gasteiger charge is 2.42. The number of pyridine rings is 1. The first kappa shape index (κ1) is 30.4. The van der Waals surface area contributed by atoms with Crippen molar-refractivity contribution in [2.75, 3.05) is 32.6 Å². The van der Waals surface area contributed by atoms with Crippen LogP contribution in [0.4, 0.5) is 13.2 Å². The van der Waals surface area contributed by atoms with Crippen LogP contribution >= 0.6 is 0 Å². The number of ether oxygens (including phenoxy) is 1. The van der Waals surface area contributed by atoms with Crippen LogP contribution in [-0.2, 0) is 21.1 Å². The van der Waals surface area contributed by atoms with E-state index in [0.717, 1.165) is 11.3 Å². The number of nitrogens with zero attached hydrogens (tertiary/aromatic N) is 2. The largest absolute Gasteiger partial charge is 0.394 e. The highest BCUT2D eigenvalue weighted by atomic mass is 32.2. The van der Waals surface area contributed by atoms with E-state index in [4.69, 9.17) is 4.74 Å². The molecule has 0 bridgehead atoms. The Bertz CT molecular complexity index is 1280. The molecule has 1 saturated carbocycles. The number of nitrogens with one attached hydrogen (secondary N) is 1. The third kappa shape index (κ3) is 6.84. The lowest BCUT2D eigenvalue weighted by molar-refractivity contribution is -0.184. The molecule has 2 aromatic rings. The third-order valence-corrected chi connectivity index (χ3v) is 9.78. The van der Waals surface area contributed by atoms with Gasteiger partial charge in [-0.3, -0.25) is 14.7 Å². The van der Waals surface area contributed by atoms with E-state index < -0.39 is 33.9 Å². The minimum atomic E-state index is -4.14. The number of amides is 1. The van der Waals surface area contributed by atoms with E-state index in [0.29, 0.717) is 43.7 Å². The molecule has 0 unspecified atom stereocenters. The van der Waals surface area contributed by atoms with Crippen LogP contribution in [0.5, 0.6) is 0 Å². The molecule has 0 saturated heterocycles. The summed E-state index contributed by atoms with van der Waals surface area (Å²) < 4.78 is 68.8.